The number of nitrogens with two attached hydrogens (primary N) is 1. The average molecular weight is 223 g/mol. The van der Waals surface area contributed by atoms with E-state index < -0.39 is 5.97 Å². The standard InChI is InChI=1S/C11H17N3O2/c12-5-3-7-14(9-11(15)16)8-10-4-1-2-6-13-10/h1-2,4,6H,3,5,7-9,12H2,(H,15,16). The van der Waals surface area contributed by atoms with E-state index in [9.17, 15) is 4.79 Å². The molecule has 0 amide bonds. The second kappa shape index (κ2) is 6.92. The zero-order chi connectivity index (χ0) is 11.8. The lowest BCUT2D eigenvalue weighted by molar-refractivity contribution is -0.138. The number of nitrogens with zero attached hydrogens (tertiary/aromatic N) is 2. The molecule has 3 N–H and O–H groups in total. The van der Waals surface area contributed by atoms with Crippen molar-refractivity contribution in [2.75, 3.05) is 19.6 Å². The van der Waals surface area contributed by atoms with Crippen LogP contribution >= 0.6 is 0 Å². The molecular formula is C11H17N3O2. The molecule has 16 heavy (non-hydrogen) atoms. The SMILES string of the molecule is NCCCN(CC(=O)O)Cc1ccccn1. The smallest absolute Gasteiger partial charge is 0.317 e. The van der Waals surface area contributed by atoms with E-state index in [0.717, 1.165) is 12.1 Å². The topological polar surface area (TPSA) is 79.5 Å². The van der Waals surface area contributed by atoms with Gasteiger partial charge in [0, 0.05) is 19.3 Å². The molecule has 5 nitrogen and oxygen atoms in total. The van der Waals surface area contributed by atoms with Gasteiger partial charge in [-0.25, -0.2) is 0 Å². The Bertz CT molecular complexity index is 316. The van der Waals surface area contributed by atoms with Crippen molar-refractivity contribution >= 4 is 5.97 Å². The summed E-state index contributed by atoms with van der Waals surface area (Å²) in [5, 5.41) is 8.77. The summed E-state index contributed by atoms with van der Waals surface area (Å²) in [6.07, 6.45) is 2.50. The zero-order valence-corrected chi connectivity index (χ0v) is 9.17. The van der Waals surface area contributed by atoms with Crippen molar-refractivity contribution in [1.29, 1.82) is 0 Å². The molecule has 0 bridgehead atoms. The van der Waals surface area contributed by atoms with Crippen LogP contribution in [0, 0.1) is 0 Å². The third-order valence-electron chi connectivity index (χ3n) is 2.15. The first kappa shape index (κ1) is 12.6. The number of pyridine rings is 1. The first-order valence-electron chi connectivity index (χ1n) is 5.26. The van der Waals surface area contributed by atoms with Crippen molar-refractivity contribution in [2.45, 2.75) is 13.0 Å². The number of hydrogen-bond acceptors (Lipinski definition) is 4. The molecule has 0 aliphatic carbocycles. The van der Waals surface area contributed by atoms with Crippen LogP contribution in [-0.4, -0.2) is 40.6 Å². The number of hydrogen-bond donors (Lipinski definition) is 2. The Morgan fingerprint density at radius 2 is 2.31 bits per heavy atom. The van der Waals surface area contributed by atoms with Gasteiger partial charge in [0.25, 0.3) is 0 Å². The summed E-state index contributed by atoms with van der Waals surface area (Å²) in [6, 6.07) is 5.62. The first-order valence-corrected chi connectivity index (χ1v) is 5.26. The minimum atomic E-state index is -0.826. The van der Waals surface area contributed by atoms with Crippen LogP contribution in [0.2, 0.25) is 0 Å². The molecule has 88 valence electrons. The van der Waals surface area contributed by atoms with Gasteiger partial charge < -0.3 is 10.8 Å². The average Bonchev–Trinajstić information content (AvgIpc) is 2.26. The quantitative estimate of drug-likeness (QED) is 0.695. The van der Waals surface area contributed by atoms with E-state index >= 15 is 0 Å². The third kappa shape index (κ3) is 4.86. The highest BCUT2D eigenvalue weighted by Crippen LogP contribution is 2.01. The Morgan fingerprint density at radius 1 is 1.50 bits per heavy atom. The van der Waals surface area contributed by atoms with Gasteiger partial charge in [-0.2, -0.15) is 0 Å². The summed E-state index contributed by atoms with van der Waals surface area (Å²) < 4.78 is 0. The van der Waals surface area contributed by atoms with Crippen LogP contribution in [0.3, 0.4) is 0 Å². The van der Waals surface area contributed by atoms with E-state index in [-0.39, 0.29) is 6.54 Å². The molecule has 1 heterocycles. The molecule has 0 aliphatic heterocycles. The number of carbonyl (C=O) groups is 1. The van der Waals surface area contributed by atoms with E-state index in [1.165, 1.54) is 0 Å². The predicted octanol–water partition coefficient (Wildman–Crippen LogP) is 0.317. The van der Waals surface area contributed by atoms with E-state index in [2.05, 4.69) is 4.98 Å². The molecule has 5 heteroatoms. The Balaban J connectivity index is 2.52. The third-order valence-corrected chi connectivity index (χ3v) is 2.15. The molecular weight excluding hydrogens is 206 g/mol. The molecule has 0 aromatic carbocycles. The van der Waals surface area contributed by atoms with Gasteiger partial charge in [-0.3, -0.25) is 14.7 Å². The van der Waals surface area contributed by atoms with Crippen molar-refractivity contribution < 1.29 is 9.90 Å². The molecule has 0 saturated heterocycles. The van der Waals surface area contributed by atoms with Gasteiger partial charge in [-0.15, -0.1) is 0 Å². The van der Waals surface area contributed by atoms with Gasteiger partial charge in [-0.05, 0) is 25.1 Å². The molecule has 0 unspecified atom stereocenters. The Hall–Kier alpha value is -1.46. The normalized spacial score (nSPS) is 10.6. The Labute approximate surface area is 94.9 Å². The minimum Gasteiger partial charge on any atom is -0.480 e. The van der Waals surface area contributed by atoms with Crippen LogP contribution in [0.25, 0.3) is 0 Å². The maximum atomic E-state index is 10.7. The highest BCUT2D eigenvalue weighted by atomic mass is 16.4. The van der Waals surface area contributed by atoms with E-state index in [0.29, 0.717) is 19.6 Å². The van der Waals surface area contributed by atoms with Gasteiger partial charge in [0.2, 0.25) is 0 Å². The summed E-state index contributed by atoms with van der Waals surface area (Å²) in [4.78, 5) is 16.7. The number of carboxylic acid groups (broad SMARTS) is 1. The summed E-state index contributed by atoms with van der Waals surface area (Å²) in [6.45, 7) is 1.82. The molecule has 1 aromatic heterocycles. The van der Waals surface area contributed by atoms with Crippen molar-refractivity contribution in [2.24, 2.45) is 5.73 Å². The molecule has 0 fully saturated rings. The number of aromatic nitrogens is 1. The lowest BCUT2D eigenvalue weighted by Gasteiger charge is -2.19. The van der Waals surface area contributed by atoms with Crippen LogP contribution in [0.1, 0.15) is 12.1 Å². The zero-order valence-electron chi connectivity index (χ0n) is 9.17. The summed E-state index contributed by atoms with van der Waals surface area (Å²) in [7, 11) is 0. The van der Waals surface area contributed by atoms with Crippen molar-refractivity contribution in [1.82, 2.24) is 9.88 Å². The largest absolute Gasteiger partial charge is 0.480 e. The van der Waals surface area contributed by atoms with Crippen LogP contribution in [0.15, 0.2) is 24.4 Å². The van der Waals surface area contributed by atoms with Crippen molar-refractivity contribution in [3.05, 3.63) is 30.1 Å². The molecule has 1 aromatic rings. The predicted molar refractivity (Wildman–Crippen MR) is 60.8 cm³/mol. The van der Waals surface area contributed by atoms with Gasteiger partial charge in [0.05, 0.1) is 12.2 Å². The number of aliphatic carboxylic acids is 1. The Morgan fingerprint density at radius 3 is 2.88 bits per heavy atom. The van der Waals surface area contributed by atoms with Crippen molar-refractivity contribution in [3.8, 4) is 0 Å². The fourth-order valence-corrected chi connectivity index (χ4v) is 1.44. The summed E-state index contributed by atoms with van der Waals surface area (Å²) in [5.41, 5.74) is 6.29. The molecule has 1 rings (SSSR count). The minimum absolute atomic E-state index is 0.0244. The van der Waals surface area contributed by atoms with Gasteiger partial charge in [0.1, 0.15) is 0 Å². The molecule has 0 spiro atoms. The van der Waals surface area contributed by atoms with E-state index in [1.807, 2.05) is 23.1 Å². The van der Waals surface area contributed by atoms with Gasteiger partial charge >= 0.3 is 5.97 Å². The molecule has 0 saturated carbocycles. The van der Waals surface area contributed by atoms with E-state index in [4.69, 9.17) is 10.8 Å². The van der Waals surface area contributed by atoms with Crippen LogP contribution in [0.4, 0.5) is 0 Å². The van der Waals surface area contributed by atoms with Gasteiger partial charge in [-0.1, -0.05) is 6.07 Å². The van der Waals surface area contributed by atoms with Gasteiger partial charge in [0.15, 0.2) is 0 Å². The Kier molecular flexibility index (Phi) is 5.45. The van der Waals surface area contributed by atoms with Crippen molar-refractivity contribution in [3.63, 3.8) is 0 Å². The first-order chi connectivity index (χ1) is 7.72. The van der Waals surface area contributed by atoms with Crippen LogP contribution < -0.4 is 5.73 Å². The van der Waals surface area contributed by atoms with E-state index in [1.54, 1.807) is 6.20 Å². The summed E-state index contributed by atoms with van der Waals surface area (Å²) in [5.74, 6) is -0.826. The maximum Gasteiger partial charge on any atom is 0.317 e. The highest BCUT2D eigenvalue weighted by molar-refractivity contribution is 5.69. The molecule has 0 atom stereocenters. The highest BCUT2D eigenvalue weighted by Gasteiger charge is 2.09. The van der Waals surface area contributed by atoms with Crippen LogP contribution in [-0.2, 0) is 11.3 Å². The van der Waals surface area contributed by atoms with Crippen LogP contribution in [0.5, 0.6) is 0 Å². The fourth-order valence-electron chi connectivity index (χ4n) is 1.44. The number of carboxylic acids is 1. The second-order valence-electron chi connectivity index (χ2n) is 3.57. The lowest BCUT2D eigenvalue weighted by atomic mass is 10.3. The maximum absolute atomic E-state index is 10.7. The lowest BCUT2D eigenvalue weighted by Crippen LogP contribution is -2.31. The summed E-state index contributed by atoms with van der Waals surface area (Å²) >= 11 is 0. The number of rotatable bonds is 7. The molecule has 0 radical (unpaired) electrons. The monoisotopic (exact) mass is 223 g/mol. The fraction of sp³-hybridized carbons (Fsp3) is 0.455. The second-order valence-corrected chi connectivity index (χ2v) is 3.57. The molecule has 0 aliphatic rings.